The second kappa shape index (κ2) is 13.9. The van der Waals surface area contributed by atoms with Crippen molar-refractivity contribution in [2.24, 2.45) is 5.10 Å². The third kappa shape index (κ3) is 6.91. The van der Waals surface area contributed by atoms with Crippen LogP contribution in [0.25, 0.3) is 22.3 Å². The maximum absolute atomic E-state index is 13.8. The topological polar surface area (TPSA) is 101 Å². The van der Waals surface area contributed by atoms with Crippen LogP contribution in [0.2, 0.25) is 0 Å². The van der Waals surface area contributed by atoms with Gasteiger partial charge in [0.15, 0.2) is 23.4 Å². The smallest absolute Gasteiger partial charge is 0.347 e. The second-order valence-electron chi connectivity index (χ2n) is 10.1. The number of para-hydroxylation sites is 1. The third-order valence-electron chi connectivity index (χ3n) is 6.79. The van der Waals surface area contributed by atoms with Crippen LogP contribution in [-0.4, -0.2) is 48.3 Å². The van der Waals surface area contributed by atoms with Gasteiger partial charge in [0.1, 0.15) is 5.75 Å². The molecular formula is C33H36BrN3O6. The molecule has 0 N–H and O–H groups in total. The third-order valence-corrected chi connectivity index (χ3v) is 7.48. The van der Waals surface area contributed by atoms with Crippen LogP contribution in [0.15, 0.2) is 62.9 Å². The van der Waals surface area contributed by atoms with Gasteiger partial charge in [-0.3, -0.25) is 4.79 Å². The Morgan fingerprint density at radius 2 is 1.79 bits per heavy atom. The van der Waals surface area contributed by atoms with E-state index in [2.05, 4.69) is 34.9 Å². The number of benzene rings is 3. The van der Waals surface area contributed by atoms with E-state index < -0.39 is 12.1 Å². The maximum Gasteiger partial charge on any atom is 0.347 e. The molecule has 10 heteroatoms. The molecule has 0 fully saturated rings. The molecule has 3 aromatic carbocycles. The lowest BCUT2D eigenvalue weighted by molar-refractivity contribution is -0.150. The Bertz CT molecular complexity index is 1730. The zero-order valence-electron chi connectivity index (χ0n) is 25.4. The Labute approximate surface area is 259 Å². The van der Waals surface area contributed by atoms with Gasteiger partial charge in [0.2, 0.25) is 0 Å². The van der Waals surface area contributed by atoms with Crippen molar-refractivity contribution in [3.8, 4) is 28.6 Å². The number of hydrogen-bond donors (Lipinski definition) is 0. The van der Waals surface area contributed by atoms with Crippen LogP contribution in [0.4, 0.5) is 0 Å². The minimum absolute atomic E-state index is 0.181. The number of hydrogen-bond acceptors (Lipinski definition) is 8. The summed E-state index contributed by atoms with van der Waals surface area (Å²) in [6, 6.07) is 14.6. The molecule has 4 rings (SSSR count). The summed E-state index contributed by atoms with van der Waals surface area (Å²) in [4.78, 5) is 30.8. The molecule has 1 atom stereocenters. The lowest BCUT2D eigenvalue weighted by Crippen LogP contribution is -2.26. The molecule has 0 aliphatic rings. The van der Waals surface area contributed by atoms with Crippen LogP contribution in [0, 0.1) is 6.92 Å². The molecular weight excluding hydrogens is 614 g/mol. The molecule has 9 nitrogen and oxygen atoms in total. The quantitative estimate of drug-likeness (QED) is 0.129. The van der Waals surface area contributed by atoms with Crippen molar-refractivity contribution >= 4 is 39.0 Å². The van der Waals surface area contributed by atoms with Gasteiger partial charge in [-0.05, 0) is 97.1 Å². The van der Waals surface area contributed by atoms with E-state index in [-0.39, 0.29) is 18.1 Å². The SMILES string of the molecule is CCOC(=O)[C@H](C)Oc1cc(Br)c(C=Nn2c(-c3cc(C(C)C)c(OCC)cc3C)nc3ccccc3c2=O)cc1OC. The monoisotopic (exact) mass is 649 g/mol. The molecule has 0 amide bonds. The van der Waals surface area contributed by atoms with Crippen molar-refractivity contribution in [1.82, 2.24) is 9.66 Å². The minimum atomic E-state index is -0.835. The van der Waals surface area contributed by atoms with E-state index in [9.17, 15) is 9.59 Å². The molecule has 226 valence electrons. The number of carbonyl (C=O) groups excluding carboxylic acids is 1. The fourth-order valence-electron chi connectivity index (χ4n) is 4.60. The van der Waals surface area contributed by atoms with Gasteiger partial charge in [-0.2, -0.15) is 9.78 Å². The Kier molecular flexibility index (Phi) is 10.2. The minimum Gasteiger partial charge on any atom is -0.494 e. The zero-order chi connectivity index (χ0) is 31.3. The summed E-state index contributed by atoms with van der Waals surface area (Å²) in [6.45, 7) is 12.3. The van der Waals surface area contributed by atoms with Crippen molar-refractivity contribution in [3.63, 3.8) is 0 Å². The summed E-state index contributed by atoms with van der Waals surface area (Å²) >= 11 is 3.56. The highest BCUT2D eigenvalue weighted by molar-refractivity contribution is 9.10. The van der Waals surface area contributed by atoms with E-state index in [0.29, 0.717) is 44.9 Å². The number of rotatable bonds is 11. The zero-order valence-corrected chi connectivity index (χ0v) is 27.0. The Hall–Kier alpha value is -4.18. The van der Waals surface area contributed by atoms with E-state index in [4.69, 9.17) is 23.9 Å². The fraction of sp³-hybridized carbons (Fsp3) is 0.333. The highest BCUT2D eigenvalue weighted by Gasteiger charge is 2.21. The molecule has 1 heterocycles. The van der Waals surface area contributed by atoms with Crippen molar-refractivity contribution in [3.05, 3.63) is 80.0 Å². The molecule has 0 spiro atoms. The van der Waals surface area contributed by atoms with Crippen molar-refractivity contribution < 1.29 is 23.7 Å². The molecule has 0 aliphatic carbocycles. The summed E-state index contributed by atoms with van der Waals surface area (Å²) in [6.07, 6.45) is 0.720. The van der Waals surface area contributed by atoms with Crippen LogP contribution in [0.3, 0.4) is 0 Å². The van der Waals surface area contributed by atoms with E-state index in [0.717, 1.165) is 22.4 Å². The predicted molar refractivity (Wildman–Crippen MR) is 172 cm³/mol. The van der Waals surface area contributed by atoms with Crippen molar-refractivity contribution in [2.45, 2.75) is 53.6 Å². The summed E-state index contributed by atoms with van der Waals surface area (Å²) in [7, 11) is 1.50. The Balaban J connectivity index is 1.85. The van der Waals surface area contributed by atoms with Gasteiger partial charge in [0, 0.05) is 15.6 Å². The molecule has 0 saturated carbocycles. The largest absolute Gasteiger partial charge is 0.494 e. The second-order valence-corrected chi connectivity index (χ2v) is 11.0. The van der Waals surface area contributed by atoms with Gasteiger partial charge in [-0.25, -0.2) is 9.78 Å². The van der Waals surface area contributed by atoms with Crippen LogP contribution in [0.1, 0.15) is 57.2 Å². The molecule has 0 bridgehead atoms. The van der Waals surface area contributed by atoms with Gasteiger partial charge in [-0.15, -0.1) is 0 Å². The van der Waals surface area contributed by atoms with Gasteiger partial charge in [-0.1, -0.05) is 26.0 Å². The van der Waals surface area contributed by atoms with Crippen LogP contribution < -0.4 is 19.8 Å². The predicted octanol–water partition coefficient (Wildman–Crippen LogP) is 6.88. The first kappa shape index (κ1) is 31.7. The first-order valence-corrected chi connectivity index (χ1v) is 14.9. The molecule has 0 saturated heterocycles. The highest BCUT2D eigenvalue weighted by atomic mass is 79.9. The fourth-order valence-corrected chi connectivity index (χ4v) is 5.02. The number of esters is 1. The number of aromatic nitrogens is 2. The van der Waals surface area contributed by atoms with E-state index >= 15 is 0 Å². The lowest BCUT2D eigenvalue weighted by atomic mass is 9.96. The molecule has 4 aromatic rings. The van der Waals surface area contributed by atoms with Crippen LogP contribution >= 0.6 is 15.9 Å². The van der Waals surface area contributed by atoms with Crippen LogP contribution in [-0.2, 0) is 9.53 Å². The average Bonchev–Trinajstić information content (AvgIpc) is 2.97. The summed E-state index contributed by atoms with van der Waals surface area (Å²) in [5.74, 6) is 1.66. The number of carbonyl (C=O) groups is 1. The highest BCUT2D eigenvalue weighted by Crippen LogP contribution is 2.35. The first-order valence-electron chi connectivity index (χ1n) is 14.1. The normalized spacial score (nSPS) is 12.1. The molecule has 0 radical (unpaired) electrons. The maximum atomic E-state index is 13.8. The first-order chi connectivity index (χ1) is 20.6. The molecule has 43 heavy (non-hydrogen) atoms. The van der Waals surface area contributed by atoms with Crippen molar-refractivity contribution in [1.29, 1.82) is 0 Å². The number of methoxy groups -OCH3 is 1. The van der Waals surface area contributed by atoms with Gasteiger partial charge in [0.25, 0.3) is 5.56 Å². The van der Waals surface area contributed by atoms with Crippen molar-refractivity contribution in [2.75, 3.05) is 20.3 Å². The number of aryl methyl sites for hydroxylation is 1. The van der Waals surface area contributed by atoms with Gasteiger partial charge < -0.3 is 18.9 Å². The number of nitrogens with zero attached hydrogens (tertiary/aromatic N) is 3. The summed E-state index contributed by atoms with van der Waals surface area (Å²) < 4.78 is 24.3. The lowest BCUT2D eigenvalue weighted by Gasteiger charge is -2.18. The number of ether oxygens (including phenoxy) is 4. The molecule has 1 aromatic heterocycles. The molecule has 0 aliphatic heterocycles. The van der Waals surface area contributed by atoms with Crippen LogP contribution in [0.5, 0.6) is 17.2 Å². The van der Waals surface area contributed by atoms with E-state index in [1.807, 2.05) is 38.1 Å². The number of fused-ring (bicyclic) bond motifs is 1. The Morgan fingerprint density at radius 3 is 2.47 bits per heavy atom. The summed E-state index contributed by atoms with van der Waals surface area (Å²) in [5.41, 5.74) is 3.58. The van der Waals surface area contributed by atoms with Gasteiger partial charge >= 0.3 is 5.97 Å². The molecule has 0 unspecified atom stereocenters. The number of halogens is 1. The average molecular weight is 651 g/mol. The van der Waals surface area contributed by atoms with E-state index in [1.54, 1.807) is 44.3 Å². The summed E-state index contributed by atoms with van der Waals surface area (Å²) in [5, 5.41) is 5.09. The Morgan fingerprint density at radius 1 is 1.05 bits per heavy atom. The van der Waals surface area contributed by atoms with E-state index in [1.165, 1.54) is 11.8 Å². The van der Waals surface area contributed by atoms with Gasteiger partial charge in [0.05, 0.1) is 37.4 Å². The standard InChI is InChI=1S/C33H36BrN3O6/c1-8-41-28-14-20(5)25(16-24(28)19(3)4)31-36-27-13-11-10-12-23(27)32(38)37(31)35-18-22-15-29(40-7)30(17-26(22)34)43-21(6)33(39)42-9-2/h10-19,21H,8-9H2,1-7H3/t21-/m0/s1.